The molecule has 0 aromatic heterocycles. The summed E-state index contributed by atoms with van der Waals surface area (Å²) in [5, 5.41) is 5.84. The van der Waals surface area contributed by atoms with Crippen LogP contribution in [0.5, 0.6) is 5.75 Å². The van der Waals surface area contributed by atoms with E-state index in [9.17, 15) is 9.59 Å². The van der Waals surface area contributed by atoms with Crippen LogP contribution in [0, 0.1) is 0 Å². The first-order valence-electron chi connectivity index (χ1n) is 10.1. The van der Waals surface area contributed by atoms with E-state index in [-0.39, 0.29) is 17.9 Å². The fourth-order valence-electron chi connectivity index (χ4n) is 3.66. The van der Waals surface area contributed by atoms with Gasteiger partial charge in [0.1, 0.15) is 5.75 Å². The van der Waals surface area contributed by atoms with Crippen molar-refractivity contribution in [1.29, 1.82) is 0 Å². The predicted molar refractivity (Wildman–Crippen MR) is 113 cm³/mol. The molecule has 1 heterocycles. The molecule has 1 fully saturated rings. The van der Waals surface area contributed by atoms with Gasteiger partial charge in [0, 0.05) is 37.7 Å². The first kappa shape index (κ1) is 20.7. The van der Waals surface area contributed by atoms with E-state index in [0.29, 0.717) is 25.2 Å². The number of carbonyl (C=O) groups is 2. The van der Waals surface area contributed by atoms with Crippen LogP contribution in [0.1, 0.15) is 47.2 Å². The van der Waals surface area contributed by atoms with Crippen LogP contribution in [0.2, 0.25) is 0 Å². The lowest BCUT2D eigenvalue weighted by atomic mass is 9.89. The maximum absolute atomic E-state index is 12.6. The van der Waals surface area contributed by atoms with Crippen LogP contribution in [0.4, 0.5) is 4.79 Å². The van der Waals surface area contributed by atoms with Crippen LogP contribution in [-0.2, 0) is 6.54 Å². The maximum Gasteiger partial charge on any atom is 0.317 e. The Balaban J connectivity index is 1.62. The molecule has 154 valence electrons. The van der Waals surface area contributed by atoms with E-state index >= 15 is 0 Å². The lowest BCUT2D eigenvalue weighted by molar-refractivity contribution is 0.0950. The molecule has 29 heavy (non-hydrogen) atoms. The summed E-state index contributed by atoms with van der Waals surface area (Å²) < 4.78 is 5.15. The van der Waals surface area contributed by atoms with Gasteiger partial charge in [0.05, 0.1) is 7.11 Å². The molecule has 1 aliphatic heterocycles. The Hall–Kier alpha value is -3.02. The summed E-state index contributed by atoms with van der Waals surface area (Å²) in [6, 6.07) is 15.4. The first-order chi connectivity index (χ1) is 14.1. The molecule has 3 rings (SSSR count). The minimum atomic E-state index is -0.0981. The zero-order chi connectivity index (χ0) is 20.6. The SMILES string of the molecule is CCNC(=O)N1CCCC(c2cccc(C(=O)NCc3ccc(OC)cc3)c2)C1. The van der Waals surface area contributed by atoms with Gasteiger partial charge >= 0.3 is 6.03 Å². The van der Waals surface area contributed by atoms with Gasteiger partial charge in [-0.3, -0.25) is 4.79 Å². The molecule has 1 unspecified atom stereocenters. The molecule has 0 spiro atoms. The fourth-order valence-corrected chi connectivity index (χ4v) is 3.66. The van der Waals surface area contributed by atoms with Crippen molar-refractivity contribution in [2.24, 2.45) is 0 Å². The van der Waals surface area contributed by atoms with E-state index in [1.807, 2.05) is 60.4 Å². The highest BCUT2D eigenvalue weighted by Crippen LogP contribution is 2.27. The Kier molecular flexibility index (Phi) is 7.11. The third kappa shape index (κ3) is 5.50. The van der Waals surface area contributed by atoms with Gasteiger partial charge in [0.25, 0.3) is 5.91 Å². The summed E-state index contributed by atoms with van der Waals surface area (Å²) in [5.74, 6) is 0.946. The zero-order valence-corrected chi connectivity index (χ0v) is 17.1. The van der Waals surface area contributed by atoms with E-state index in [1.165, 1.54) is 0 Å². The van der Waals surface area contributed by atoms with Crippen LogP contribution >= 0.6 is 0 Å². The third-order valence-corrected chi connectivity index (χ3v) is 5.27. The molecule has 6 nitrogen and oxygen atoms in total. The second-order valence-corrected chi connectivity index (χ2v) is 7.28. The molecule has 0 saturated carbocycles. The third-order valence-electron chi connectivity index (χ3n) is 5.27. The van der Waals surface area contributed by atoms with Crippen LogP contribution in [0.15, 0.2) is 48.5 Å². The number of amides is 3. The molecule has 2 aromatic rings. The van der Waals surface area contributed by atoms with Crippen molar-refractivity contribution >= 4 is 11.9 Å². The monoisotopic (exact) mass is 395 g/mol. The lowest BCUT2D eigenvalue weighted by Crippen LogP contribution is -2.44. The molecule has 0 aliphatic carbocycles. The number of benzene rings is 2. The molecule has 0 bridgehead atoms. The van der Waals surface area contributed by atoms with Crippen LogP contribution < -0.4 is 15.4 Å². The van der Waals surface area contributed by atoms with Crippen LogP contribution in [-0.4, -0.2) is 43.6 Å². The molecule has 1 atom stereocenters. The van der Waals surface area contributed by atoms with Crippen molar-refractivity contribution in [2.45, 2.75) is 32.2 Å². The number of rotatable bonds is 6. The van der Waals surface area contributed by atoms with Gasteiger partial charge < -0.3 is 20.3 Å². The number of carbonyl (C=O) groups excluding carboxylic acids is 2. The predicted octanol–water partition coefficient (Wildman–Crippen LogP) is 3.53. The van der Waals surface area contributed by atoms with Gasteiger partial charge in [-0.25, -0.2) is 4.79 Å². The second kappa shape index (κ2) is 9.96. The van der Waals surface area contributed by atoms with Gasteiger partial charge in [-0.1, -0.05) is 24.3 Å². The van der Waals surface area contributed by atoms with Crippen molar-refractivity contribution in [3.8, 4) is 5.75 Å². The minimum absolute atomic E-state index is 0.00871. The lowest BCUT2D eigenvalue weighted by Gasteiger charge is -2.33. The topological polar surface area (TPSA) is 70.7 Å². The number of likely N-dealkylation sites (tertiary alicyclic amines) is 1. The summed E-state index contributed by atoms with van der Waals surface area (Å²) in [5.41, 5.74) is 2.77. The highest BCUT2D eigenvalue weighted by atomic mass is 16.5. The normalized spacial score (nSPS) is 16.2. The summed E-state index contributed by atoms with van der Waals surface area (Å²) in [6.45, 7) is 4.48. The number of nitrogens with one attached hydrogen (secondary N) is 2. The Morgan fingerprint density at radius 2 is 1.93 bits per heavy atom. The number of nitrogens with zero attached hydrogens (tertiary/aromatic N) is 1. The maximum atomic E-state index is 12.6. The molecule has 1 saturated heterocycles. The van der Waals surface area contributed by atoms with E-state index in [0.717, 1.165) is 36.3 Å². The summed E-state index contributed by atoms with van der Waals surface area (Å²) in [7, 11) is 1.63. The summed E-state index contributed by atoms with van der Waals surface area (Å²) in [4.78, 5) is 26.6. The van der Waals surface area contributed by atoms with Crippen molar-refractivity contribution < 1.29 is 14.3 Å². The van der Waals surface area contributed by atoms with Gasteiger partial charge in [0.15, 0.2) is 0 Å². The molecule has 2 aromatic carbocycles. The zero-order valence-electron chi connectivity index (χ0n) is 17.1. The summed E-state index contributed by atoms with van der Waals surface area (Å²) >= 11 is 0. The standard InChI is InChI=1S/C23H29N3O3/c1-3-24-23(28)26-13-5-8-20(16-26)18-6-4-7-19(14-18)22(27)25-15-17-9-11-21(29-2)12-10-17/h4,6-7,9-12,14,20H,3,5,8,13,15-16H2,1-2H3,(H,24,28)(H,25,27). The van der Waals surface area contributed by atoms with Crippen LogP contribution in [0.3, 0.4) is 0 Å². The average Bonchev–Trinajstić information content (AvgIpc) is 2.78. The Morgan fingerprint density at radius 1 is 1.14 bits per heavy atom. The van der Waals surface area contributed by atoms with Crippen molar-refractivity contribution in [1.82, 2.24) is 15.5 Å². The molecular formula is C23H29N3O3. The molecule has 3 amide bonds. The second-order valence-electron chi connectivity index (χ2n) is 7.28. The van der Waals surface area contributed by atoms with E-state index in [4.69, 9.17) is 4.74 Å². The summed E-state index contributed by atoms with van der Waals surface area (Å²) in [6.07, 6.45) is 1.99. The van der Waals surface area contributed by atoms with Gasteiger partial charge in [-0.05, 0) is 55.2 Å². The Bertz CT molecular complexity index is 836. The van der Waals surface area contributed by atoms with Gasteiger partial charge in [-0.2, -0.15) is 0 Å². The minimum Gasteiger partial charge on any atom is -0.497 e. The van der Waals surface area contributed by atoms with E-state index in [1.54, 1.807) is 7.11 Å². The average molecular weight is 396 g/mol. The molecular weight excluding hydrogens is 366 g/mol. The number of hydrogen-bond donors (Lipinski definition) is 2. The number of piperidine rings is 1. The molecule has 0 radical (unpaired) electrons. The van der Waals surface area contributed by atoms with Crippen LogP contribution in [0.25, 0.3) is 0 Å². The number of urea groups is 1. The van der Waals surface area contributed by atoms with E-state index in [2.05, 4.69) is 10.6 Å². The number of methoxy groups -OCH3 is 1. The highest BCUT2D eigenvalue weighted by molar-refractivity contribution is 5.94. The number of hydrogen-bond acceptors (Lipinski definition) is 3. The highest BCUT2D eigenvalue weighted by Gasteiger charge is 2.24. The largest absolute Gasteiger partial charge is 0.497 e. The fraction of sp³-hybridized carbons (Fsp3) is 0.391. The number of ether oxygens (including phenoxy) is 1. The Morgan fingerprint density at radius 3 is 2.66 bits per heavy atom. The first-order valence-corrected chi connectivity index (χ1v) is 10.1. The van der Waals surface area contributed by atoms with Crippen molar-refractivity contribution in [3.05, 3.63) is 65.2 Å². The Labute approximate surface area is 172 Å². The van der Waals surface area contributed by atoms with Gasteiger partial charge in [-0.15, -0.1) is 0 Å². The van der Waals surface area contributed by atoms with Crippen molar-refractivity contribution in [2.75, 3.05) is 26.7 Å². The molecule has 6 heteroatoms. The quantitative estimate of drug-likeness (QED) is 0.786. The molecule has 2 N–H and O–H groups in total. The van der Waals surface area contributed by atoms with Gasteiger partial charge in [0.2, 0.25) is 0 Å². The molecule has 1 aliphatic rings. The van der Waals surface area contributed by atoms with E-state index < -0.39 is 0 Å². The van der Waals surface area contributed by atoms with Crippen molar-refractivity contribution in [3.63, 3.8) is 0 Å². The smallest absolute Gasteiger partial charge is 0.317 e.